The third-order valence-electron chi connectivity index (χ3n) is 1.62. The van der Waals surface area contributed by atoms with E-state index in [1.807, 2.05) is 13.8 Å². The van der Waals surface area contributed by atoms with Gasteiger partial charge >= 0.3 is 11.9 Å². The highest BCUT2D eigenvalue weighted by molar-refractivity contribution is 5.66. The Balaban J connectivity index is 0. The van der Waals surface area contributed by atoms with Gasteiger partial charge in [-0.1, -0.05) is 0 Å². The Bertz CT molecular complexity index is 183. The van der Waals surface area contributed by atoms with E-state index >= 15 is 0 Å². The number of hydrogen-bond acceptors (Lipinski definition) is 5. The Morgan fingerprint density at radius 3 is 2.00 bits per heavy atom. The maximum absolute atomic E-state index is 10.1. The molecule has 0 unspecified atom stereocenters. The summed E-state index contributed by atoms with van der Waals surface area (Å²) in [6.45, 7) is 7.92. The standard InChI is InChI=1S/2C6H12O3/c1-3-8-4-5-9-6(2)7;1-2-9-5-3-4-6(7)8/h3-5H2,1-2H3;2-5H2,1H3,(H,7,8). The zero-order valence-corrected chi connectivity index (χ0v) is 11.4. The Kier molecular flexibility index (Phi) is 16.9. The molecule has 0 radical (unpaired) electrons. The molecule has 0 aromatic heterocycles. The lowest BCUT2D eigenvalue weighted by molar-refractivity contribution is -0.142. The van der Waals surface area contributed by atoms with Crippen LogP contribution in [0, 0.1) is 0 Å². The molecule has 0 saturated carbocycles. The van der Waals surface area contributed by atoms with E-state index in [0.717, 1.165) is 0 Å². The summed E-state index contributed by atoms with van der Waals surface area (Å²) >= 11 is 0. The van der Waals surface area contributed by atoms with Crippen molar-refractivity contribution < 1.29 is 28.9 Å². The lowest BCUT2D eigenvalue weighted by Gasteiger charge is -1.99. The Morgan fingerprint density at radius 2 is 1.56 bits per heavy atom. The van der Waals surface area contributed by atoms with Crippen molar-refractivity contribution in [2.24, 2.45) is 0 Å². The summed E-state index contributed by atoms with van der Waals surface area (Å²) in [4.78, 5) is 20.0. The summed E-state index contributed by atoms with van der Waals surface area (Å²) in [6, 6.07) is 0. The minimum Gasteiger partial charge on any atom is -0.481 e. The number of carbonyl (C=O) groups is 2. The summed E-state index contributed by atoms with van der Waals surface area (Å²) in [7, 11) is 0. The van der Waals surface area contributed by atoms with Crippen LogP contribution in [-0.4, -0.2) is 50.1 Å². The Hall–Kier alpha value is -1.14. The van der Waals surface area contributed by atoms with Gasteiger partial charge in [0.2, 0.25) is 0 Å². The lowest BCUT2D eigenvalue weighted by Crippen LogP contribution is -2.06. The van der Waals surface area contributed by atoms with Crippen LogP contribution < -0.4 is 0 Å². The van der Waals surface area contributed by atoms with Crippen molar-refractivity contribution in [3.63, 3.8) is 0 Å². The van der Waals surface area contributed by atoms with Crippen LogP contribution in [0.1, 0.15) is 33.6 Å². The van der Waals surface area contributed by atoms with Gasteiger partial charge in [-0.05, 0) is 20.3 Å². The first-order valence-electron chi connectivity index (χ1n) is 6.05. The highest BCUT2D eigenvalue weighted by Crippen LogP contribution is 1.88. The number of carbonyl (C=O) groups excluding carboxylic acids is 1. The fourth-order valence-electron chi connectivity index (χ4n) is 0.858. The van der Waals surface area contributed by atoms with Crippen molar-refractivity contribution in [1.29, 1.82) is 0 Å². The number of carboxylic acid groups (broad SMARTS) is 1. The van der Waals surface area contributed by atoms with Crippen LogP contribution in [0.5, 0.6) is 0 Å². The van der Waals surface area contributed by atoms with Crippen molar-refractivity contribution in [2.45, 2.75) is 33.6 Å². The van der Waals surface area contributed by atoms with Crippen molar-refractivity contribution in [3.05, 3.63) is 0 Å². The molecule has 6 heteroatoms. The zero-order chi connectivity index (χ0) is 14.2. The zero-order valence-electron chi connectivity index (χ0n) is 11.4. The van der Waals surface area contributed by atoms with E-state index in [1.165, 1.54) is 6.92 Å². The molecule has 0 bridgehead atoms. The van der Waals surface area contributed by atoms with E-state index in [2.05, 4.69) is 4.74 Å². The van der Waals surface area contributed by atoms with Crippen molar-refractivity contribution in [2.75, 3.05) is 33.0 Å². The first kappa shape index (κ1) is 19.2. The molecule has 0 heterocycles. The molecule has 0 amide bonds. The maximum Gasteiger partial charge on any atom is 0.303 e. The Labute approximate surface area is 108 Å². The maximum atomic E-state index is 10.1. The van der Waals surface area contributed by atoms with Gasteiger partial charge in [0, 0.05) is 33.2 Å². The van der Waals surface area contributed by atoms with Gasteiger partial charge < -0.3 is 19.3 Å². The summed E-state index contributed by atoms with van der Waals surface area (Å²) in [6.07, 6.45) is 0.823. The van der Waals surface area contributed by atoms with E-state index in [9.17, 15) is 9.59 Å². The molecule has 0 spiro atoms. The topological polar surface area (TPSA) is 82.1 Å². The van der Waals surface area contributed by atoms with Gasteiger partial charge in [-0.25, -0.2) is 0 Å². The molecule has 6 nitrogen and oxygen atoms in total. The summed E-state index contributed by atoms with van der Waals surface area (Å²) in [5.41, 5.74) is 0. The van der Waals surface area contributed by atoms with Crippen molar-refractivity contribution >= 4 is 11.9 Å². The molecule has 1 N–H and O–H groups in total. The minimum absolute atomic E-state index is 0.208. The molecular formula is C12H24O6. The largest absolute Gasteiger partial charge is 0.481 e. The molecule has 0 atom stereocenters. The van der Waals surface area contributed by atoms with Gasteiger partial charge in [0.05, 0.1) is 6.61 Å². The second kappa shape index (κ2) is 15.9. The first-order chi connectivity index (χ1) is 8.54. The summed E-state index contributed by atoms with van der Waals surface area (Å²) in [5, 5.41) is 8.16. The van der Waals surface area contributed by atoms with Gasteiger partial charge in [0.25, 0.3) is 0 Å². The van der Waals surface area contributed by atoms with Gasteiger partial charge in [0.15, 0.2) is 0 Å². The monoisotopic (exact) mass is 264 g/mol. The number of hydrogen-bond donors (Lipinski definition) is 1. The average Bonchev–Trinajstić information content (AvgIpc) is 2.31. The number of carboxylic acids is 1. The van der Waals surface area contributed by atoms with E-state index in [0.29, 0.717) is 39.5 Å². The fourth-order valence-corrected chi connectivity index (χ4v) is 0.858. The molecule has 18 heavy (non-hydrogen) atoms. The normalized spacial score (nSPS) is 9.28. The number of rotatable bonds is 9. The predicted octanol–water partition coefficient (Wildman–Crippen LogP) is 1.47. The third kappa shape index (κ3) is 24.2. The van der Waals surface area contributed by atoms with E-state index in [4.69, 9.17) is 14.6 Å². The van der Waals surface area contributed by atoms with Gasteiger partial charge in [-0.3, -0.25) is 9.59 Å². The van der Waals surface area contributed by atoms with Crippen molar-refractivity contribution in [1.82, 2.24) is 0 Å². The molecule has 108 valence electrons. The van der Waals surface area contributed by atoms with E-state index in [-0.39, 0.29) is 12.4 Å². The predicted molar refractivity (Wildman–Crippen MR) is 66.5 cm³/mol. The highest BCUT2D eigenvalue weighted by Gasteiger charge is 1.94. The molecule has 0 aromatic carbocycles. The van der Waals surface area contributed by atoms with E-state index < -0.39 is 5.97 Å². The number of aliphatic carboxylic acids is 1. The van der Waals surface area contributed by atoms with Gasteiger partial charge in [-0.2, -0.15) is 0 Å². The summed E-state index contributed by atoms with van der Waals surface area (Å²) < 4.78 is 14.4. The second-order valence-electron chi connectivity index (χ2n) is 3.23. The molecule has 0 aliphatic carbocycles. The highest BCUT2D eigenvalue weighted by atomic mass is 16.6. The van der Waals surface area contributed by atoms with Gasteiger partial charge in [0.1, 0.15) is 6.61 Å². The molecule has 0 aliphatic heterocycles. The fraction of sp³-hybridized carbons (Fsp3) is 0.833. The smallest absolute Gasteiger partial charge is 0.303 e. The van der Waals surface area contributed by atoms with Crippen LogP contribution in [0.2, 0.25) is 0 Å². The summed E-state index contributed by atoms with van der Waals surface area (Å²) in [5.74, 6) is -1.01. The third-order valence-corrected chi connectivity index (χ3v) is 1.62. The van der Waals surface area contributed by atoms with Gasteiger partial charge in [-0.15, -0.1) is 0 Å². The minimum atomic E-state index is -0.755. The van der Waals surface area contributed by atoms with Crippen LogP contribution in [0.3, 0.4) is 0 Å². The van der Waals surface area contributed by atoms with Crippen LogP contribution in [0.15, 0.2) is 0 Å². The number of ether oxygens (including phenoxy) is 3. The van der Waals surface area contributed by atoms with Crippen LogP contribution in [0.4, 0.5) is 0 Å². The quantitative estimate of drug-likeness (QED) is 0.501. The number of esters is 1. The van der Waals surface area contributed by atoms with Crippen LogP contribution in [-0.2, 0) is 23.8 Å². The van der Waals surface area contributed by atoms with E-state index in [1.54, 1.807) is 0 Å². The molecule has 0 aliphatic rings. The molecule has 0 aromatic rings. The molecular weight excluding hydrogens is 240 g/mol. The molecule has 0 fully saturated rings. The average molecular weight is 264 g/mol. The Morgan fingerprint density at radius 1 is 1.00 bits per heavy atom. The first-order valence-corrected chi connectivity index (χ1v) is 6.05. The second-order valence-corrected chi connectivity index (χ2v) is 3.23. The molecule has 0 saturated heterocycles. The SMILES string of the molecule is CCOCCCC(=O)O.CCOCCOC(C)=O. The van der Waals surface area contributed by atoms with Crippen LogP contribution >= 0.6 is 0 Å². The lowest BCUT2D eigenvalue weighted by atomic mass is 10.3. The van der Waals surface area contributed by atoms with Crippen molar-refractivity contribution in [3.8, 4) is 0 Å². The molecule has 0 rings (SSSR count). The van der Waals surface area contributed by atoms with Crippen LogP contribution in [0.25, 0.3) is 0 Å².